The summed E-state index contributed by atoms with van der Waals surface area (Å²) in [4.78, 5) is 41.1. The molecule has 9 heteroatoms. The third kappa shape index (κ3) is 4.14. The number of amides is 1. The standard InChI is InChI=1S/C21H20F2N4O3/c1-2-10-26(20(29)15-9-8-14(22)11-16(15)23)17-18(24)27(21(30)25-19(17)28)12-13-6-4-3-5-7-13/h3-9,11H,2,10,12,24H2,1H3,(H,25,28,30). The topological polar surface area (TPSA) is 101 Å². The SMILES string of the molecule is CCCN(C(=O)c1ccc(F)cc1F)c1c(N)n(Cc2ccccc2)c(=O)[nH]c1=O. The molecule has 7 nitrogen and oxygen atoms in total. The smallest absolute Gasteiger partial charge is 0.330 e. The summed E-state index contributed by atoms with van der Waals surface area (Å²) >= 11 is 0. The number of benzene rings is 2. The van der Waals surface area contributed by atoms with E-state index in [9.17, 15) is 23.2 Å². The van der Waals surface area contributed by atoms with Gasteiger partial charge in [-0.1, -0.05) is 37.3 Å². The van der Waals surface area contributed by atoms with Gasteiger partial charge in [0.25, 0.3) is 11.5 Å². The second-order valence-electron chi connectivity index (χ2n) is 6.65. The van der Waals surface area contributed by atoms with Crippen LogP contribution in [0.15, 0.2) is 58.1 Å². The molecule has 1 heterocycles. The quantitative estimate of drug-likeness (QED) is 0.647. The van der Waals surface area contributed by atoms with E-state index in [1.807, 2.05) is 6.07 Å². The summed E-state index contributed by atoms with van der Waals surface area (Å²) in [6.45, 7) is 1.85. The molecular weight excluding hydrogens is 394 g/mol. The van der Waals surface area contributed by atoms with Gasteiger partial charge in [-0.25, -0.2) is 13.6 Å². The Morgan fingerprint density at radius 1 is 1.13 bits per heavy atom. The van der Waals surface area contributed by atoms with Crippen molar-refractivity contribution in [1.29, 1.82) is 0 Å². The van der Waals surface area contributed by atoms with Crippen LogP contribution in [0, 0.1) is 11.6 Å². The minimum Gasteiger partial charge on any atom is -0.383 e. The molecule has 1 aromatic heterocycles. The number of halogens is 2. The van der Waals surface area contributed by atoms with Gasteiger partial charge < -0.3 is 10.6 Å². The molecule has 0 bridgehead atoms. The minimum absolute atomic E-state index is 0.0342. The molecule has 0 fully saturated rings. The number of H-pyrrole nitrogens is 1. The van der Waals surface area contributed by atoms with Gasteiger partial charge in [-0.2, -0.15) is 0 Å². The third-order valence-electron chi connectivity index (χ3n) is 4.52. The van der Waals surface area contributed by atoms with E-state index in [2.05, 4.69) is 4.98 Å². The maximum absolute atomic E-state index is 14.2. The maximum atomic E-state index is 14.2. The number of anilines is 2. The zero-order valence-electron chi connectivity index (χ0n) is 16.2. The molecular formula is C21H20F2N4O3. The van der Waals surface area contributed by atoms with Gasteiger partial charge in [-0.3, -0.25) is 19.1 Å². The molecule has 3 rings (SSSR count). The Morgan fingerprint density at radius 3 is 2.47 bits per heavy atom. The number of aromatic amines is 1. The molecule has 3 N–H and O–H groups in total. The van der Waals surface area contributed by atoms with E-state index >= 15 is 0 Å². The van der Waals surface area contributed by atoms with Crippen LogP contribution >= 0.6 is 0 Å². The van der Waals surface area contributed by atoms with E-state index in [-0.39, 0.29) is 24.6 Å². The van der Waals surface area contributed by atoms with Gasteiger partial charge in [0.2, 0.25) is 0 Å². The fraction of sp³-hybridized carbons (Fsp3) is 0.190. The zero-order valence-corrected chi connectivity index (χ0v) is 16.2. The van der Waals surface area contributed by atoms with Gasteiger partial charge in [-0.15, -0.1) is 0 Å². The highest BCUT2D eigenvalue weighted by atomic mass is 19.1. The third-order valence-corrected chi connectivity index (χ3v) is 4.52. The highest BCUT2D eigenvalue weighted by molar-refractivity contribution is 6.07. The van der Waals surface area contributed by atoms with Crippen molar-refractivity contribution >= 4 is 17.4 Å². The number of nitrogens with two attached hydrogens (primary N) is 1. The van der Waals surface area contributed by atoms with Crippen molar-refractivity contribution < 1.29 is 13.6 Å². The lowest BCUT2D eigenvalue weighted by Gasteiger charge is -2.24. The zero-order chi connectivity index (χ0) is 21.8. The fourth-order valence-corrected chi connectivity index (χ4v) is 3.11. The van der Waals surface area contributed by atoms with Crippen LogP contribution in [0.2, 0.25) is 0 Å². The van der Waals surface area contributed by atoms with Crippen molar-refractivity contribution in [2.75, 3.05) is 17.2 Å². The molecule has 0 radical (unpaired) electrons. The van der Waals surface area contributed by atoms with Crippen LogP contribution in [0.25, 0.3) is 0 Å². The number of nitrogens with zero attached hydrogens (tertiary/aromatic N) is 2. The van der Waals surface area contributed by atoms with Gasteiger partial charge in [0.15, 0.2) is 5.69 Å². The van der Waals surface area contributed by atoms with Crippen LogP contribution in [-0.2, 0) is 6.54 Å². The molecule has 2 aromatic carbocycles. The highest BCUT2D eigenvalue weighted by Crippen LogP contribution is 2.22. The first-order valence-corrected chi connectivity index (χ1v) is 9.27. The van der Waals surface area contributed by atoms with Gasteiger partial charge in [0.1, 0.15) is 17.5 Å². The predicted octanol–water partition coefficient (Wildman–Crippen LogP) is 2.50. The summed E-state index contributed by atoms with van der Waals surface area (Å²) in [5.74, 6) is -2.98. The van der Waals surface area contributed by atoms with Crippen molar-refractivity contribution in [1.82, 2.24) is 9.55 Å². The van der Waals surface area contributed by atoms with Crippen LogP contribution < -0.4 is 21.9 Å². The molecule has 0 aliphatic heterocycles. The summed E-state index contributed by atoms with van der Waals surface area (Å²) in [5, 5.41) is 0. The number of aromatic nitrogens is 2. The summed E-state index contributed by atoms with van der Waals surface area (Å²) in [7, 11) is 0. The summed E-state index contributed by atoms with van der Waals surface area (Å²) < 4.78 is 28.6. The second-order valence-corrected chi connectivity index (χ2v) is 6.65. The van der Waals surface area contributed by atoms with Crippen LogP contribution in [0.5, 0.6) is 0 Å². The molecule has 1 amide bonds. The molecule has 156 valence electrons. The molecule has 0 aliphatic rings. The van der Waals surface area contributed by atoms with Crippen LogP contribution in [0.4, 0.5) is 20.3 Å². The Bertz CT molecular complexity index is 1190. The highest BCUT2D eigenvalue weighted by Gasteiger charge is 2.26. The van der Waals surface area contributed by atoms with Gasteiger partial charge in [0, 0.05) is 12.6 Å². The fourth-order valence-electron chi connectivity index (χ4n) is 3.11. The number of nitrogen functional groups attached to an aromatic ring is 1. The number of carbonyl (C=O) groups excluding carboxylic acids is 1. The number of hydrogen-bond acceptors (Lipinski definition) is 4. The first kappa shape index (κ1) is 21.0. The van der Waals surface area contributed by atoms with E-state index in [0.717, 1.165) is 27.2 Å². The molecule has 3 aromatic rings. The molecule has 0 saturated heterocycles. The van der Waals surface area contributed by atoms with E-state index in [4.69, 9.17) is 5.73 Å². The largest absolute Gasteiger partial charge is 0.383 e. The summed E-state index contributed by atoms with van der Waals surface area (Å²) in [5.41, 5.74) is 4.61. The van der Waals surface area contributed by atoms with Gasteiger partial charge in [0.05, 0.1) is 12.1 Å². The van der Waals surface area contributed by atoms with Crippen LogP contribution in [-0.4, -0.2) is 22.0 Å². The van der Waals surface area contributed by atoms with Crippen molar-refractivity contribution in [2.45, 2.75) is 19.9 Å². The van der Waals surface area contributed by atoms with Gasteiger partial charge >= 0.3 is 5.69 Å². The van der Waals surface area contributed by atoms with Crippen molar-refractivity contribution in [3.05, 3.63) is 92.1 Å². The summed E-state index contributed by atoms with van der Waals surface area (Å²) in [6, 6.07) is 11.5. The lowest BCUT2D eigenvalue weighted by molar-refractivity contribution is 0.0982. The van der Waals surface area contributed by atoms with E-state index in [0.29, 0.717) is 12.5 Å². The van der Waals surface area contributed by atoms with Gasteiger partial charge in [-0.05, 0) is 24.1 Å². The van der Waals surface area contributed by atoms with Crippen molar-refractivity contribution in [3.63, 3.8) is 0 Å². The molecule has 0 unspecified atom stereocenters. The molecule has 0 spiro atoms. The molecule has 0 saturated carbocycles. The average molecular weight is 414 g/mol. The Kier molecular flexibility index (Phi) is 6.10. The lowest BCUT2D eigenvalue weighted by atomic mass is 10.1. The Hall–Kier alpha value is -3.75. The van der Waals surface area contributed by atoms with E-state index in [1.165, 1.54) is 0 Å². The predicted molar refractivity (Wildman–Crippen MR) is 110 cm³/mol. The van der Waals surface area contributed by atoms with E-state index in [1.54, 1.807) is 31.2 Å². The number of carbonyl (C=O) groups is 1. The monoisotopic (exact) mass is 414 g/mol. The maximum Gasteiger partial charge on any atom is 0.330 e. The molecule has 30 heavy (non-hydrogen) atoms. The van der Waals surface area contributed by atoms with Crippen LogP contribution in [0.3, 0.4) is 0 Å². The Labute approximate surface area is 170 Å². The Balaban J connectivity index is 2.12. The van der Waals surface area contributed by atoms with E-state index < -0.39 is 34.4 Å². The minimum atomic E-state index is -1.06. The first-order valence-electron chi connectivity index (χ1n) is 9.27. The normalized spacial score (nSPS) is 10.8. The average Bonchev–Trinajstić information content (AvgIpc) is 2.70. The Morgan fingerprint density at radius 2 is 1.83 bits per heavy atom. The molecule has 0 atom stereocenters. The number of nitrogens with one attached hydrogen (secondary N) is 1. The first-order chi connectivity index (χ1) is 14.3. The summed E-state index contributed by atoms with van der Waals surface area (Å²) in [6.07, 6.45) is 0.422. The lowest BCUT2D eigenvalue weighted by Crippen LogP contribution is -2.42. The van der Waals surface area contributed by atoms with Crippen LogP contribution in [0.1, 0.15) is 29.3 Å². The molecule has 0 aliphatic carbocycles. The second kappa shape index (κ2) is 8.73. The van der Waals surface area contributed by atoms with Crippen molar-refractivity contribution in [3.8, 4) is 0 Å². The number of hydrogen-bond donors (Lipinski definition) is 2. The van der Waals surface area contributed by atoms with Crippen molar-refractivity contribution in [2.24, 2.45) is 0 Å². The number of rotatable bonds is 6.